The van der Waals surface area contributed by atoms with Gasteiger partial charge in [-0.3, -0.25) is 4.79 Å². The molecule has 4 N–H and O–H groups in total. The maximum atomic E-state index is 13.0. The number of primary amides is 1. The van der Waals surface area contributed by atoms with E-state index in [1.807, 2.05) is 6.07 Å². The first-order valence-corrected chi connectivity index (χ1v) is 9.79. The fourth-order valence-electron chi connectivity index (χ4n) is 2.91. The molecule has 0 saturated carbocycles. The van der Waals surface area contributed by atoms with Crippen LogP contribution in [0.5, 0.6) is 5.75 Å². The minimum atomic E-state index is -1.15. The van der Waals surface area contributed by atoms with Gasteiger partial charge in [0, 0.05) is 17.8 Å². The van der Waals surface area contributed by atoms with Crippen LogP contribution in [0, 0.1) is 0 Å². The normalized spacial score (nSPS) is 11.2. The summed E-state index contributed by atoms with van der Waals surface area (Å²) in [7, 11) is 1.55. The van der Waals surface area contributed by atoms with Crippen LogP contribution >= 0.6 is 0 Å². The average Bonchev–Trinajstić information content (AvgIpc) is 2.82. The molecule has 32 heavy (non-hydrogen) atoms. The van der Waals surface area contributed by atoms with E-state index in [-0.39, 0.29) is 12.1 Å². The van der Waals surface area contributed by atoms with Crippen LogP contribution in [0.1, 0.15) is 27.6 Å². The molecule has 0 aliphatic heterocycles. The van der Waals surface area contributed by atoms with E-state index in [0.29, 0.717) is 17.0 Å². The summed E-state index contributed by atoms with van der Waals surface area (Å²) in [5.41, 5.74) is 7.17. The molecule has 3 aromatic rings. The minimum absolute atomic E-state index is 0.238. The van der Waals surface area contributed by atoms with Crippen molar-refractivity contribution >= 4 is 23.6 Å². The first-order valence-electron chi connectivity index (χ1n) is 9.79. The van der Waals surface area contributed by atoms with Crippen molar-refractivity contribution in [2.24, 2.45) is 5.73 Å². The number of rotatable bonds is 8. The molecular formula is C24H23N3O5. The number of benzene rings is 3. The Morgan fingerprint density at radius 2 is 1.56 bits per heavy atom. The van der Waals surface area contributed by atoms with Crippen molar-refractivity contribution in [1.29, 1.82) is 0 Å². The molecular weight excluding hydrogens is 410 g/mol. The molecule has 8 nitrogen and oxygen atoms in total. The third kappa shape index (κ3) is 6.09. The van der Waals surface area contributed by atoms with E-state index >= 15 is 0 Å². The zero-order chi connectivity index (χ0) is 22.9. The Kier molecular flexibility index (Phi) is 7.42. The van der Waals surface area contributed by atoms with Gasteiger partial charge < -0.3 is 25.8 Å². The van der Waals surface area contributed by atoms with Gasteiger partial charge in [0.05, 0.1) is 12.7 Å². The summed E-state index contributed by atoms with van der Waals surface area (Å²) >= 11 is 0. The van der Waals surface area contributed by atoms with Gasteiger partial charge in [0.15, 0.2) is 0 Å². The van der Waals surface area contributed by atoms with Crippen LogP contribution in [0.2, 0.25) is 0 Å². The fourth-order valence-corrected chi connectivity index (χ4v) is 2.91. The lowest BCUT2D eigenvalue weighted by Gasteiger charge is -2.18. The Labute approximate surface area is 185 Å². The molecule has 1 unspecified atom stereocenters. The molecule has 1 atom stereocenters. The number of amides is 3. The van der Waals surface area contributed by atoms with E-state index in [1.165, 1.54) is 0 Å². The number of carbonyl (C=O) groups is 3. The molecule has 0 heterocycles. The topological polar surface area (TPSA) is 120 Å². The quantitative estimate of drug-likeness (QED) is 0.470. The number of ether oxygens (including phenoxy) is 2. The third-order valence-corrected chi connectivity index (χ3v) is 4.58. The number of esters is 1. The maximum Gasteiger partial charge on any atom is 0.339 e. The van der Waals surface area contributed by atoms with Gasteiger partial charge in [0.2, 0.25) is 6.10 Å². The van der Waals surface area contributed by atoms with Crippen LogP contribution in [-0.2, 0) is 16.1 Å². The van der Waals surface area contributed by atoms with Gasteiger partial charge >= 0.3 is 12.0 Å². The molecule has 0 aromatic heterocycles. The lowest BCUT2D eigenvalue weighted by molar-refractivity contribution is -0.125. The van der Waals surface area contributed by atoms with Gasteiger partial charge in [-0.15, -0.1) is 0 Å². The number of nitrogens with two attached hydrogens (primary N) is 1. The summed E-state index contributed by atoms with van der Waals surface area (Å²) in [6, 6.07) is 21.4. The van der Waals surface area contributed by atoms with E-state index in [0.717, 1.165) is 5.56 Å². The van der Waals surface area contributed by atoms with Crippen molar-refractivity contribution in [3.05, 3.63) is 95.6 Å². The van der Waals surface area contributed by atoms with Gasteiger partial charge in [-0.1, -0.05) is 42.5 Å². The molecule has 8 heteroatoms. The summed E-state index contributed by atoms with van der Waals surface area (Å²) < 4.78 is 10.7. The zero-order valence-corrected chi connectivity index (χ0v) is 17.4. The van der Waals surface area contributed by atoms with Gasteiger partial charge in [-0.05, 0) is 42.0 Å². The summed E-state index contributed by atoms with van der Waals surface area (Å²) in [5.74, 6) is -0.487. The van der Waals surface area contributed by atoms with E-state index in [2.05, 4.69) is 10.6 Å². The highest BCUT2D eigenvalue weighted by Crippen LogP contribution is 2.23. The highest BCUT2D eigenvalue weighted by Gasteiger charge is 2.26. The van der Waals surface area contributed by atoms with Crippen LogP contribution in [-0.4, -0.2) is 25.0 Å². The summed E-state index contributed by atoms with van der Waals surface area (Å²) in [6.07, 6.45) is -1.15. The summed E-state index contributed by atoms with van der Waals surface area (Å²) in [6.45, 7) is 0.238. The molecule has 0 spiro atoms. The largest absolute Gasteiger partial charge is 0.497 e. The Morgan fingerprint density at radius 1 is 0.906 bits per heavy atom. The first kappa shape index (κ1) is 22.4. The van der Waals surface area contributed by atoms with E-state index in [4.69, 9.17) is 15.2 Å². The molecule has 0 bridgehead atoms. The number of hydrogen-bond donors (Lipinski definition) is 3. The average molecular weight is 433 g/mol. The Bertz CT molecular complexity index is 1070. The van der Waals surface area contributed by atoms with Gasteiger partial charge in [-0.25, -0.2) is 9.59 Å². The van der Waals surface area contributed by atoms with E-state index in [9.17, 15) is 14.4 Å². The number of anilines is 1. The second-order valence-electron chi connectivity index (χ2n) is 6.83. The number of methoxy groups -OCH3 is 1. The summed E-state index contributed by atoms with van der Waals surface area (Å²) in [5, 5.41) is 5.23. The van der Waals surface area contributed by atoms with Crippen molar-refractivity contribution in [3.63, 3.8) is 0 Å². The lowest BCUT2D eigenvalue weighted by atomic mass is 10.1. The zero-order valence-electron chi connectivity index (χ0n) is 17.4. The molecule has 0 aliphatic rings. The molecule has 0 radical (unpaired) electrons. The lowest BCUT2D eigenvalue weighted by Crippen LogP contribution is -2.28. The minimum Gasteiger partial charge on any atom is -0.497 e. The number of urea groups is 1. The van der Waals surface area contributed by atoms with E-state index in [1.54, 1.807) is 79.9 Å². The second kappa shape index (κ2) is 10.6. The Hall–Kier alpha value is -4.33. The van der Waals surface area contributed by atoms with Crippen molar-refractivity contribution < 1.29 is 23.9 Å². The van der Waals surface area contributed by atoms with Crippen LogP contribution < -0.4 is 21.1 Å². The Balaban J connectivity index is 1.74. The monoisotopic (exact) mass is 433 g/mol. The van der Waals surface area contributed by atoms with Crippen LogP contribution in [0.15, 0.2) is 78.9 Å². The molecule has 0 aliphatic carbocycles. The molecule has 3 rings (SSSR count). The molecule has 3 amide bonds. The predicted octanol–water partition coefficient (Wildman–Crippen LogP) is 3.40. The van der Waals surface area contributed by atoms with Gasteiger partial charge in [0.25, 0.3) is 5.91 Å². The maximum absolute atomic E-state index is 13.0. The molecule has 0 fully saturated rings. The fraction of sp³-hybridized carbons (Fsp3) is 0.125. The Morgan fingerprint density at radius 3 is 2.16 bits per heavy atom. The standard InChI is InChI=1S/C24H23N3O5/c1-31-20-13-11-19(12-14-20)27-22(28)21(17-5-3-2-4-6-17)32-23(29)18-9-7-16(8-10-18)15-26-24(25)30/h2-14,21H,15H2,1H3,(H,27,28)(H3,25,26,30). The predicted molar refractivity (Wildman–Crippen MR) is 119 cm³/mol. The third-order valence-electron chi connectivity index (χ3n) is 4.58. The van der Waals surface area contributed by atoms with Crippen molar-refractivity contribution in [3.8, 4) is 5.75 Å². The number of nitrogens with one attached hydrogen (secondary N) is 2. The highest BCUT2D eigenvalue weighted by molar-refractivity contribution is 5.98. The first-order chi connectivity index (χ1) is 15.5. The van der Waals surface area contributed by atoms with E-state index < -0.39 is 24.0 Å². The second-order valence-corrected chi connectivity index (χ2v) is 6.83. The van der Waals surface area contributed by atoms with Crippen molar-refractivity contribution in [2.75, 3.05) is 12.4 Å². The molecule has 0 saturated heterocycles. The van der Waals surface area contributed by atoms with Crippen molar-refractivity contribution in [1.82, 2.24) is 5.32 Å². The van der Waals surface area contributed by atoms with Crippen LogP contribution in [0.3, 0.4) is 0 Å². The van der Waals surface area contributed by atoms with Crippen LogP contribution in [0.25, 0.3) is 0 Å². The summed E-state index contributed by atoms with van der Waals surface area (Å²) in [4.78, 5) is 36.5. The van der Waals surface area contributed by atoms with Gasteiger partial charge in [-0.2, -0.15) is 0 Å². The molecule has 3 aromatic carbocycles. The smallest absolute Gasteiger partial charge is 0.339 e. The van der Waals surface area contributed by atoms with Crippen LogP contribution in [0.4, 0.5) is 10.5 Å². The highest BCUT2D eigenvalue weighted by atomic mass is 16.5. The number of carbonyl (C=O) groups excluding carboxylic acids is 3. The van der Waals surface area contributed by atoms with Crippen molar-refractivity contribution in [2.45, 2.75) is 12.6 Å². The number of hydrogen-bond acceptors (Lipinski definition) is 5. The molecule has 164 valence electrons. The van der Waals surface area contributed by atoms with Gasteiger partial charge in [0.1, 0.15) is 5.75 Å². The SMILES string of the molecule is COc1ccc(NC(=O)C(OC(=O)c2ccc(CNC(N)=O)cc2)c2ccccc2)cc1.